The van der Waals surface area contributed by atoms with Gasteiger partial charge in [0.1, 0.15) is 19.2 Å². The summed E-state index contributed by atoms with van der Waals surface area (Å²) in [7, 11) is 0. The molecule has 8 heteroatoms. The molecular weight excluding hydrogens is 326 g/mol. The van der Waals surface area contributed by atoms with E-state index >= 15 is 0 Å². The first-order chi connectivity index (χ1) is 11.8. The third kappa shape index (κ3) is 3.15. The molecule has 0 N–H and O–H groups in total. The number of fused-ring (bicyclic) bond motifs is 1. The van der Waals surface area contributed by atoms with Crippen molar-refractivity contribution in [1.82, 2.24) is 19.7 Å². The van der Waals surface area contributed by atoms with Crippen LogP contribution in [0.5, 0.6) is 0 Å². The summed E-state index contributed by atoms with van der Waals surface area (Å²) < 4.78 is 8.31. The molecule has 3 heterocycles. The Hall–Kier alpha value is -2.32. The number of carbonyl (C=O) groups is 1. The number of nitrogens with zero attached hydrogens (tertiary/aromatic N) is 5. The Morgan fingerprint density at radius 3 is 3.08 bits per heavy atom. The van der Waals surface area contributed by atoms with Crippen molar-refractivity contribution in [2.75, 3.05) is 18.1 Å². The fourth-order valence-corrected chi connectivity index (χ4v) is 3.78. The molecule has 7 nitrogen and oxygen atoms in total. The molecule has 1 fully saturated rings. The Bertz CT molecular complexity index is 793. The van der Waals surface area contributed by atoms with Gasteiger partial charge in [0, 0.05) is 6.61 Å². The Morgan fingerprint density at radius 2 is 2.33 bits per heavy atom. The number of aromatic nitrogens is 4. The first kappa shape index (κ1) is 15.2. The van der Waals surface area contributed by atoms with Crippen molar-refractivity contribution in [1.29, 1.82) is 0 Å². The maximum absolute atomic E-state index is 12.8. The second-order valence-corrected chi connectivity index (χ2v) is 6.71. The maximum Gasteiger partial charge on any atom is 0.250 e. The number of hydrogen-bond donors (Lipinski definition) is 0. The smallest absolute Gasteiger partial charge is 0.250 e. The number of amides is 1. The number of rotatable bonds is 5. The Kier molecular flexibility index (Phi) is 4.22. The van der Waals surface area contributed by atoms with Gasteiger partial charge in [0.05, 0.1) is 22.9 Å². The topological polar surface area (TPSA) is 73.1 Å². The molecule has 0 bridgehead atoms. The van der Waals surface area contributed by atoms with Crippen LogP contribution in [-0.4, -0.2) is 44.9 Å². The highest BCUT2D eigenvalue weighted by Crippen LogP contribution is 2.29. The van der Waals surface area contributed by atoms with Gasteiger partial charge in [-0.1, -0.05) is 23.5 Å². The van der Waals surface area contributed by atoms with E-state index < -0.39 is 0 Å². The lowest BCUT2D eigenvalue weighted by Crippen LogP contribution is -2.39. The SMILES string of the molecule is O=C(Cn1cncn1)N(CC1CCCO1)c1nc2ccccc2s1. The van der Waals surface area contributed by atoms with E-state index in [-0.39, 0.29) is 18.6 Å². The van der Waals surface area contributed by atoms with E-state index in [4.69, 9.17) is 4.74 Å². The Balaban J connectivity index is 1.62. The van der Waals surface area contributed by atoms with Gasteiger partial charge in [0.15, 0.2) is 5.13 Å². The van der Waals surface area contributed by atoms with Crippen molar-refractivity contribution in [3.8, 4) is 0 Å². The highest BCUT2D eigenvalue weighted by atomic mass is 32.1. The molecule has 0 saturated carbocycles. The summed E-state index contributed by atoms with van der Waals surface area (Å²) in [6, 6.07) is 7.91. The van der Waals surface area contributed by atoms with Crippen LogP contribution in [0.25, 0.3) is 10.2 Å². The Labute approximate surface area is 142 Å². The summed E-state index contributed by atoms with van der Waals surface area (Å²) in [5.74, 6) is -0.0601. The quantitative estimate of drug-likeness (QED) is 0.709. The molecule has 1 aromatic carbocycles. The van der Waals surface area contributed by atoms with Crippen molar-refractivity contribution >= 4 is 32.6 Å². The summed E-state index contributed by atoms with van der Waals surface area (Å²) in [5.41, 5.74) is 0.906. The summed E-state index contributed by atoms with van der Waals surface area (Å²) in [5, 5.41) is 4.72. The molecule has 1 aliphatic rings. The predicted molar refractivity (Wildman–Crippen MR) is 91.0 cm³/mol. The van der Waals surface area contributed by atoms with E-state index in [9.17, 15) is 4.79 Å². The zero-order valence-electron chi connectivity index (χ0n) is 13.0. The molecule has 124 valence electrons. The highest BCUT2D eigenvalue weighted by Gasteiger charge is 2.26. The van der Waals surface area contributed by atoms with Gasteiger partial charge in [0.25, 0.3) is 5.91 Å². The minimum atomic E-state index is -0.0601. The van der Waals surface area contributed by atoms with Crippen molar-refractivity contribution in [2.24, 2.45) is 0 Å². The molecule has 24 heavy (non-hydrogen) atoms. The van der Waals surface area contributed by atoms with Crippen LogP contribution >= 0.6 is 11.3 Å². The van der Waals surface area contributed by atoms with Gasteiger partial charge in [-0.15, -0.1) is 0 Å². The van der Waals surface area contributed by atoms with Gasteiger partial charge in [-0.3, -0.25) is 9.69 Å². The molecule has 4 rings (SSSR count). The molecule has 1 atom stereocenters. The van der Waals surface area contributed by atoms with E-state index in [0.29, 0.717) is 11.7 Å². The molecule has 0 aliphatic carbocycles. The number of anilines is 1. The summed E-state index contributed by atoms with van der Waals surface area (Å²) in [6.45, 7) is 1.42. The highest BCUT2D eigenvalue weighted by molar-refractivity contribution is 7.22. The lowest BCUT2D eigenvalue weighted by atomic mass is 10.2. The van der Waals surface area contributed by atoms with E-state index in [0.717, 1.165) is 29.7 Å². The van der Waals surface area contributed by atoms with Gasteiger partial charge in [-0.05, 0) is 25.0 Å². The summed E-state index contributed by atoms with van der Waals surface area (Å²) >= 11 is 1.52. The lowest BCUT2D eigenvalue weighted by Gasteiger charge is -2.22. The van der Waals surface area contributed by atoms with Crippen LogP contribution < -0.4 is 4.90 Å². The molecule has 1 amide bonds. The van der Waals surface area contributed by atoms with Crippen molar-refractivity contribution < 1.29 is 9.53 Å². The maximum atomic E-state index is 12.8. The second kappa shape index (κ2) is 6.66. The number of hydrogen-bond acceptors (Lipinski definition) is 6. The average molecular weight is 343 g/mol. The van der Waals surface area contributed by atoms with Gasteiger partial charge in [0.2, 0.25) is 0 Å². The summed E-state index contributed by atoms with van der Waals surface area (Å²) in [4.78, 5) is 23.1. The average Bonchev–Trinajstić information content (AvgIpc) is 3.33. The molecule has 1 aliphatic heterocycles. The lowest BCUT2D eigenvalue weighted by molar-refractivity contribution is -0.119. The normalized spacial score (nSPS) is 17.4. The van der Waals surface area contributed by atoms with E-state index in [1.54, 1.807) is 11.2 Å². The standard InChI is InChI=1S/C16H17N5O2S/c22-15(9-20-11-17-10-18-20)21(8-12-4-3-7-23-12)16-19-13-5-1-2-6-14(13)24-16/h1-2,5-6,10-12H,3-4,7-9H2. The molecule has 1 saturated heterocycles. The van der Waals surface area contributed by atoms with Crippen molar-refractivity contribution in [2.45, 2.75) is 25.5 Å². The van der Waals surface area contributed by atoms with E-state index in [2.05, 4.69) is 15.1 Å². The van der Waals surface area contributed by atoms with E-state index in [1.165, 1.54) is 22.3 Å². The van der Waals surface area contributed by atoms with Crippen LogP contribution in [0.15, 0.2) is 36.9 Å². The monoisotopic (exact) mass is 343 g/mol. The number of para-hydroxylation sites is 1. The molecule has 3 aromatic rings. The molecule has 1 unspecified atom stereocenters. The predicted octanol–water partition coefficient (Wildman–Crippen LogP) is 2.10. The van der Waals surface area contributed by atoms with Crippen LogP contribution in [0.1, 0.15) is 12.8 Å². The number of carbonyl (C=O) groups excluding carboxylic acids is 1. The molecule has 2 aromatic heterocycles. The first-order valence-electron chi connectivity index (χ1n) is 7.89. The van der Waals surface area contributed by atoms with Crippen LogP contribution in [0.3, 0.4) is 0 Å². The fraction of sp³-hybridized carbons (Fsp3) is 0.375. The van der Waals surface area contributed by atoms with E-state index in [1.807, 2.05) is 24.3 Å². The van der Waals surface area contributed by atoms with Crippen LogP contribution in [0.2, 0.25) is 0 Å². The summed E-state index contributed by atoms with van der Waals surface area (Å²) in [6.07, 6.45) is 5.04. The van der Waals surface area contributed by atoms with Crippen LogP contribution in [0.4, 0.5) is 5.13 Å². The van der Waals surface area contributed by atoms with Crippen molar-refractivity contribution in [3.63, 3.8) is 0 Å². The van der Waals surface area contributed by atoms with Gasteiger partial charge in [-0.2, -0.15) is 5.10 Å². The third-order valence-electron chi connectivity index (χ3n) is 3.99. The van der Waals surface area contributed by atoms with Crippen molar-refractivity contribution in [3.05, 3.63) is 36.9 Å². The fourth-order valence-electron chi connectivity index (χ4n) is 2.79. The first-order valence-corrected chi connectivity index (χ1v) is 8.71. The zero-order valence-corrected chi connectivity index (χ0v) is 13.9. The third-order valence-corrected chi connectivity index (χ3v) is 5.05. The number of thiazole rings is 1. The second-order valence-electron chi connectivity index (χ2n) is 5.70. The zero-order chi connectivity index (χ0) is 16.4. The van der Waals surface area contributed by atoms with Gasteiger partial charge in [-0.25, -0.2) is 14.6 Å². The Morgan fingerprint density at radius 1 is 1.42 bits per heavy atom. The number of ether oxygens (including phenoxy) is 1. The molecule has 0 spiro atoms. The molecular formula is C16H17N5O2S. The van der Waals surface area contributed by atoms with Gasteiger partial charge >= 0.3 is 0 Å². The van der Waals surface area contributed by atoms with Gasteiger partial charge < -0.3 is 4.74 Å². The number of benzene rings is 1. The molecule has 0 radical (unpaired) electrons. The van der Waals surface area contributed by atoms with Crippen LogP contribution in [0, 0.1) is 0 Å². The van der Waals surface area contributed by atoms with Crippen LogP contribution in [-0.2, 0) is 16.1 Å². The largest absolute Gasteiger partial charge is 0.376 e. The minimum Gasteiger partial charge on any atom is -0.376 e. The minimum absolute atomic E-state index is 0.0601.